The van der Waals surface area contributed by atoms with Gasteiger partial charge in [0, 0.05) is 24.0 Å². The highest BCUT2D eigenvalue weighted by Crippen LogP contribution is 2.23. The number of carbonyl (C=O) groups is 1. The Kier molecular flexibility index (Phi) is 4.31. The minimum absolute atomic E-state index is 0.0775. The van der Waals surface area contributed by atoms with Crippen molar-refractivity contribution in [3.8, 4) is 0 Å². The van der Waals surface area contributed by atoms with E-state index in [1.807, 2.05) is 12.3 Å². The molecule has 1 aromatic heterocycles. The van der Waals surface area contributed by atoms with Crippen LogP contribution in [0.2, 0.25) is 0 Å². The van der Waals surface area contributed by atoms with Crippen molar-refractivity contribution in [3.63, 3.8) is 0 Å². The van der Waals surface area contributed by atoms with Crippen LogP contribution in [-0.4, -0.2) is 24.0 Å². The Balaban J connectivity index is 1.63. The molecule has 110 valence electrons. The normalized spacial score (nSPS) is 17.9. The smallest absolute Gasteiger partial charge is 0.230 e. The molecule has 0 spiro atoms. The molecule has 0 radical (unpaired) electrons. The summed E-state index contributed by atoms with van der Waals surface area (Å²) in [4.78, 5) is 17.5. The number of anilines is 1. The van der Waals surface area contributed by atoms with Crippen molar-refractivity contribution in [2.75, 3.05) is 18.4 Å². The summed E-state index contributed by atoms with van der Waals surface area (Å²) < 4.78 is 0. The lowest BCUT2D eigenvalue weighted by atomic mass is 10.1. The number of hydrogen-bond acceptors (Lipinski definition) is 4. The third-order valence-electron chi connectivity index (χ3n) is 3.84. The number of nitrogens with one attached hydrogen (secondary N) is 2. The van der Waals surface area contributed by atoms with Gasteiger partial charge in [0.05, 0.1) is 5.92 Å². The van der Waals surface area contributed by atoms with Gasteiger partial charge in [-0.15, -0.1) is 11.3 Å². The minimum atomic E-state index is 0.0775. The molecule has 21 heavy (non-hydrogen) atoms. The van der Waals surface area contributed by atoms with E-state index < -0.39 is 0 Å². The van der Waals surface area contributed by atoms with E-state index >= 15 is 0 Å². The van der Waals surface area contributed by atoms with E-state index in [0.29, 0.717) is 5.13 Å². The molecule has 0 saturated carbocycles. The summed E-state index contributed by atoms with van der Waals surface area (Å²) in [7, 11) is 0. The maximum Gasteiger partial charge on any atom is 0.230 e. The minimum Gasteiger partial charge on any atom is -0.316 e. The fourth-order valence-electron chi connectivity index (χ4n) is 2.53. The number of aromatic nitrogens is 1. The number of hydrogen-bond donors (Lipinski definition) is 2. The lowest BCUT2D eigenvalue weighted by Gasteiger charge is -2.06. The summed E-state index contributed by atoms with van der Waals surface area (Å²) in [6.45, 7) is 3.81. The van der Waals surface area contributed by atoms with Crippen molar-refractivity contribution in [2.45, 2.75) is 19.8 Å². The monoisotopic (exact) mass is 301 g/mol. The van der Waals surface area contributed by atoms with Gasteiger partial charge in [-0.2, -0.15) is 0 Å². The molecular weight excluding hydrogens is 282 g/mol. The third kappa shape index (κ3) is 3.49. The second-order valence-electron chi connectivity index (χ2n) is 5.41. The molecule has 1 aliphatic heterocycles. The van der Waals surface area contributed by atoms with Crippen LogP contribution in [0.3, 0.4) is 0 Å². The van der Waals surface area contributed by atoms with E-state index in [9.17, 15) is 4.79 Å². The lowest BCUT2D eigenvalue weighted by Crippen LogP contribution is -2.24. The number of aryl methyl sites for hydroxylation is 1. The molecule has 1 amide bonds. The van der Waals surface area contributed by atoms with E-state index in [1.54, 1.807) is 11.3 Å². The van der Waals surface area contributed by atoms with Gasteiger partial charge in [-0.05, 0) is 31.0 Å². The van der Waals surface area contributed by atoms with Gasteiger partial charge in [0.15, 0.2) is 5.13 Å². The van der Waals surface area contributed by atoms with E-state index in [4.69, 9.17) is 0 Å². The summed E-state index contributed by atoms with van der Waals surface area (Å²) in [6, 6.07) is 8.36. The van der Waals surface area contributed by atoms with Crippen LogP contribution in [-0.2, 0) is 11.2 Å². The topological polar surface area (TPSA) is 54.0 Å². The first-order chi connectivity index (χ1) is 10.2. The Labute approximate surface area is 128 Å². The molecule has 4 nitrogen and oxygen atoms in total. The van der Waals surface area contributed by atoms with Crippen LogP contribution in [0.4, 0.5) is 5.13 Å². The Morgan fingerprint density at radius 3 is 3.10 bits per heavy atom. The standard InChI is InChI=1S/C16H19N3OS/c1-11-4-2-3-5-12(11)8-14-10-18-16(21-14)19-15(20)13-6-7-17-9-13/h2-5,10,13,17H,6-9H2,1H3,(H,18,19,20). The highest BCUT2D eigenvalue weighted by Gasteiger charge is 2.23. The number of nitrogens with zero attached hydrogens (tertiary/aromatic N) is 1. The predicted octanol–water partition coefficient (Wildman–Crippen LogP) is 2.59. The summed E-state index contributed by atoms with van der Waals surface area (Å²) in [5, 5.41) is 6.84. The van der Waals surface area contributed by atoms with Gasteiger partial charge >= 0.3 is 0 Å². The number of thiazole rings is 1. The summed E-state index contributed by atoms with van der Waals surface area (Å²) >= 11 is 1.56. The van der Waals surface area contributed by atoms with Crippen molar-refractivity contribution in [3.05, 3.63) is 46.5 Å². The molecule has 2 N–H and O–H groups in total. The van der Waals surface area contributed by atoms with Crippen LogP contribution in [0.25, 0.3) is 0 Å². The Bertz CT molecular complexity index is 632. The second-order valence-corrected chi connectivity index (χ2v) is 6.53. The van der Waals surface area contributed by atoms with E-state index in [-0.39, 0.29) is 11.8 Å². The van der Waals surface area contributed by atoms with Crippen molar-refractivity contribution >= 4 is 22.4 Å². The van der Waals surface area contributed by atoms with Crippen molar-refractivity contribution < 1.29 is 4.79 Å². The highest BCUT2D eigenvalue weighted by atomic mass is 32.1. The maximum absolute atomic E-state index is 12.1. The highest BCUT2D eigenvalue weighted by molar-refractivity contribution is 7.15. The van der Waals surface area contributed by atoms with Crippen molar-refractivity contribution in [1.82, 2.24) is 10.3 Å². The summed E-state index contributed by atoms with van der Waals surface area (Å²) in [6.07, 6.45) is 3.64. The van der Waals surface area contributed by atoms with Gasteiger partial charge in [-0.3, -0.25) is 4.79 Å². The molecular formula is C16H19N3OS. The molecule has 0 bridgehead atoms. The van der Waals surface area contributed by atoms with Gasteiger partial charge in [-0.25, -0.2) is 4.98 Å². The van der Waals surface area contributed by atoms with Crippen LogP contribution in [0.15, 0.2) is 30.5 Å². The van der Waals surface area contributed by atoms with Crippen LogP contribution in [0.1, 0.15) is 22.4 Å². The Morgan fingerprint density at radius 2 is 2.33 bits per heavy atom. The van der Waals surface area contributed by atoms with Crippen LogP contribution in [0, 0.1) is 12.8 Å². The zero-order valence-corrected chi connectivity index (χ0v) is 12.9. The molecule has 1 aromatic carbocycles. The fourth-order valence-corrected chi connectivity index (χ4v) is 3.37. The first kappa shape index (κ1) is 14.2. The molecule has 0 aliphatic carbocycles. The first-order valence-electron chi connectivity index (χ1n) is 7.23. The number of carbonyl (C=O) groups excluding carboxylic acids is 1. The summed E-state index contributed by atoms with van der Waals surface area (Å²) in [5.74, 6) is 0.158. The van der Waals surface area contributed by atoms with E-state index in [2.05, 4.69) is 40.7 Å². The quantitative estimate of drug-likeness (QED) is 0.912. The molecule has 2 heterocycles. The average molecular weight is 301 g/mol. The molecule has 1 aliphatic rings. The third-order valence-corrected chi connectivity index (χ3v) is 4.75. The van der Waals surface area contributed by atoms with E-state index in [0.717, 1.165) is 25.9 Å². The zero-order chi connectivity index (χ0) is 14.7. The first-order valence-corrected chi connectivity index (χ1v) is 8.05. The number of benzene rings is 1. The SMILES string of the molecule is Cc1ccccc1Cc1cnc(NC(=O)C2CCNC2)s1. The Hall–Kier alpha value is -1.72. The average Bonchev–Trinajstić information content (AvgIpc) is 3.13. The maximum atomic E-state index is 12.1. The fraction of sp³-hybridized carbons (Fsp3) is 0.375. The molecule has 2 aromatic rings. The Morgan fingerprint density at radius 1 is 1.48 bits per heavy atom. The number of amides is 1. The summed E-state index contributed by atoms with van der Waals surface area (Å²) in [5.41, 5.74) is 2.59. The van der Waals surface area contributed by atoms with Crippen LogP contribution >= 0.6 is 11.3 Å². The lowest BCUT2D eigenvalue weighted by molar-refractivity contribution is -0.119. The van der Waals surface area contributed by atoms with Crippen LogP contribution < -0.4 is 10.6 Å². The molecule has 1 unspecified atom stereocenters. The van der Waals surface area contributed by atoms with Crippen LogP contribution in [0.5, 0.6) is 0 Å². The molecule has 1 atom stereocenters. The van der Waals surface area contributed by atoms with Crippen molar-refractivity contribution in [2.24, 2.45) is 5.92 Å². The van der Waals surface area contributed by atoms with Gasteiger partial charge in [-0.1, -0.05) is 24.3 Å². The van der Waals surface area contributed by atoms with Gasteiger partial charge < -0.3 is 10.6 Å². The molecule has 5 heteroatoms. The largest absolute Gasteiger partial charge is 0.316 e. The van der Waals surface area contributed by atoms with Crippen molar-refractivity contribution in [1.29, 1.82) is 0 Å². The molecule has 1 fully saturated rings. The van der Waals surface area contributed by atoms with Gasteiger partial charge in [0.25, 0.3) is 0 Å². The zero-order valence-electron chi connectivity index (χ0n) is 12.1. The molecule has 1 saturated heterocycles. The van der Waals surface area contributed by atoms with Gasteiger partial charge in [0.1, 0.15) is 0 Å². The van der Waals surface area contributed by atoms with Gasteiger partial charge in [0.2, 0.25) is 5.91 Å². The van der Waals surface area contributed by atoms with E-state index in [1.165, 1.54) is 16.0 Å². The second kappa shape index (κ2) is 6.37. The molecule has 3 rings (SSSR count). The predicted molar refractivity (Wildman–Crippen MR) is 85.7 cm³/mol. The number of rotatable bonds is 4.